The van der Waals surface area contributed by atoms with Crippen LogP contribution >= 0.6 is 27.3 Å². The number of nitrogens with one attached hydrogen (secondary N) is 1. The van der Waals surface area contributed by atoms with Gasteiger partial charge in [0.25, 0.3) is 5.91 Å². The number of carbonyl (C=O) groups is 2. The fourth-order valence-electron chi connectivity index (χ4n) is 2.77. The van der Waals surface area contributed by atoms with E-state index in [0.29, 0.717) is 16.4 Å². The van der Waals surface area contributed by atoms with E-state index in [1.54, 1.807) is 36.4 Å². The Morgan fingerprint density at radius 3 is 2.59 bits per heavy atom. The molecular formula is C24H23BrN2O4S. The summed E-state index contributed by atoms with van der Waals surface area (Å²) in [6.07, 6.45) is 1.51. The van der Waals surface area contributed by atoms with E-state index >= 15 is 0 Å². The Hall–Kier alpha value is -2.97. The highest BCUT2D eigenvalue weighted by Gasteiger charge is 2.12. The molecule has 6 nitrogen and oxygen atoms in total. The van der Waals surface area contributed by atoms with Gasteiger partial charge in [-0.05, 0) is 77.4 Å². The standard InChI is InChI=1S/C24H23BrN2O4S/c1-15(2)19-12-20(25)16(3)11-21(19)30-14-23(28)27-26-13-17-6-8-18(9-7-17)31-24(29)22-5-4-10-32-22/h4-13,15H,14H2,1-3H3,(H,27,28)/b26-13-. The molecule has 32 heavy (non-hydrogen) atoms. The zero-order valence-electron chi connectivity index (χ0n) is 17.9. The number of nitrogens with zero attached hydrogens (tertiary/aromatic N) is 1. The predicted octanol–water partition coefficient (Wildman–Crippen LogP) is 5.69. The van der Waals surface area contributed by atoms with Crippen LogP contribution in [0.3, 0.4) is 0 Å². The lowest BCUT2D eigenvalue weighted by Gasteiger charge is -2.15. The molecule has 0 aliphatic heterocycles. The van der Waals surface area contributed by atoms with Crippen LogP contribution in [0.4, 0.5) is 0 Å². The molecule has 0 saturated heterocycles. The number of esters is 1. The highest BCUT2D eigenvalue weighted by Crippen LogP contribution is 2.32. The van der Waals surface area contributed by atoms with Crippen molar-refractivity contribution in [2.75, 3.05) is 6.61 Å². The summed E-state index contributed by atoms with van der Waals surface area (Å²) in [6, 6.07) is 14.3. The van der Waals surface area contributed by atoms with Gasteiger partial charge in [-0.15, -0.1) is 11.3 Å². The van der Waals surface area contributed by atoms with Crippen LogP contribution in [-0.4, -0.2) is 24.7 Å². The molecule has 8 heteroatoms. The van der Waals surface area contributed by atoms with Gasteiger partial charge in [0.2, 0.25) is 0 Å². The molecule has 3 aromatic rings. The normalized spacial score (nSPS) is 11.0. The minimum atomic E-state index is -0.393. The predicted molar refractivity (Wildman–Crippen MR) is 130 cm³/mol. The molecular weight excluding hydrogens is 492 g/mol. The fraction of sp³-hybridized carbons (Fsp3) is 0.208. The van der Waals surface area contributed by atoms with Gasteiger partial charge in [-0.25, -0.2) is 10.2 Å². The van der Waals surface area contributed by atoms with Gasteiger partial charge in [0.15, 0.2) is 6.61 Å². The highest BCUT2D eigenvalue weighted by atomic mass is 79.9. The van der Waals surface area contributed by atoms with Crippen molar-refractivity contribution in [2.24, 2.45) is 5.10 Å². The van der Waals surface area contributed by atoms with Gasteiger partial charge in [0.05, 0.1) is 6.21 Å². The number of ether oxygens (including phenoxy) is 2. The van der Waals surface area contributed by atoms with Gasteiger partial charge in [0, 0.05) is 4.47 Å². The second kappa shape index (κ2) is 11.1. The lowest BCUT2D eigenvalue weighted by atomic mass is 10.0. The second-order valence-corrected chi connectivity index (χ2v) is 9.11. The number of benzene rings is 2. The Bertz CT molecular complexity index is 1110. The first-order chi connectivity index (χ1) is 15.3. The van der Waals surface area contributed by atoms with Crippen molar-refractivity contribution in [3.8, 4) is 11.5 Å². The van der Waals surface area contributed by atoms with Crippen molar-refractivity contribution in [1.82, 2.24) is 5.43 Å². The number of hydrogen-bond acceptors (Lipinski definition) is 6. The van der Waals surface area contributed by atoms with E-state index in [2.05, 4.69) is 40.3 Å². The summed E-state index contributed by atoms with van der Waals surface area (Å²) in [5, 5.41) is 5.77. The smallest absolute Gasteiger partial charge is 0.353 e. The van der Waals surface area contributed by atoms with Gasteiger partial charge in [-0.1, -0.05) is 35.8 Å². The Balaban J connectivity index is 1.50. The average molecular weight is 515 g/mol. The molecule has 0 aliphatic carbocycles. The van der Waals surface area contributed by atoms with Gasteiger partial charge in [0.1, 0.15) is 16.4 Å². The third-order valence-electron chi connectivity index (χ3n) is 4.49. The fourth-order valence-corrected chi connectivity index (χ4v) is 3.73. The summed E-state index contributed by atoms with van der Waals surface area (Å²) >= 11 is 4.86. The van der Waals surface area contributed by atoms with Crippen LogP contribution in [0.2, 0.25) is 0 Å². The van der Waals surface area contributed by atoms with E-state index in [0.717, 1.165) is 21.2 Å². The zero-order chi connectivity index (χ0) is 23.1. The van der Waals surface area contributed by atoms with Crippen LogP contribution < -0.4 is 14.9 Å². The first kappa shape index (κ1) is 23.7. The van der Waals surface area contributed by atoms with E-state index in [1.807, 2.05) is 24.4 Å². The summed E-state index contributed by atoms with van der Waals surface area (Å²) in [7, 11) is 0. The topological polar surface area (TPSA) is 77.0 Å². The van der Waals surface area contributed by atoms with E-state index in [1.165, 1.54) is 17.6 Å². The average Bonchev–Trinajstić information content (AvgIpc) is 3.30. The molecule has 0 aliphatic rings. The number of hydrogen-bond donors (Lipinski definition) is 1. The maximum absolute atomic E-state index is 12.1. The van der Waals surface area contributed by atoms with E-state index in [-0.39, 0.29) is 18.4 Å². The molecule has 166 valence electrons. The van der Waals surface area contributed by atoms with Gasteiger partial charge in [-0.3, -0.25) is 4.79 Å². The number of rotatable bonds is 8. The zero-order valence-corrected chi connectivity index (χ0v) is 20.3. The monoisotopic (exact) mass is 514 g/mol. The molecule has 1 heterocycles. The van der Waals surface area contributed by atoms with Crippen molar-refractivity contribution < 1.29 is 19.1 Å². The van der Waals surface area contributed by atoms with Crippen molar-refractivity contribution in [3.05, 3.63) is 80.0 Å². The van der Waals surface area contributed by atoms with Crippen LogP contribution in [0.1, 0.15) is 46.1 Å². The van der Waals surface area contributed by atoms with Crippen molar-refractivity contribution in [1.29, 1.82) is 0 Å². The molecule has 2 aromatic carbocycles. The van der Waals surface area contributed by atoms with Gasteiger partial charge < -0.3 is 9.47 Å². The minimum Gasteiger partial charge on any atom is -0.483 e. The minimum absolute atomic E-state index is 0.143. The molecule has 3 rings (SSSR count). The number of carbonyl (C=O) groups excluding carboxylic acids is 2. The molecule has 0 atom stereocenters. The third kappa shape index (κ3) is 6.51. The van der Waals surface area contributed by atoms with Crippen molar-refractivity contribution in [3.63, 3.8) is 0 Å². The van der Waals surface area contributed by atoms with Gasteiger partial charge >= 0.3 is 5.97 Å². The van der Waals surface area contributed by atoms with E-state index in [4.69, 9.17) is 9.47 Å². The van der Waals surface area contributed by atoms with Crippen LogP contribution in [0.25, 0.3) is 0 Å². The SMILES string of the molecule is Cc1cc(OCC(=O)N/N=C\c2ccc(OC(=O)c3cccs3)cc2)c(C(C)C)cc1Br. The summed E-state index contributed by atoms with van der Waals surface area (Å²) in [4.78, 5) is 24.6. The Morgan fingerprint density at radius 1 is 1.19 bits per heavy atom. The summed E-state index contributed by atoms with van der Waals surface area (Å²) in [5.74, 6) is 0.625. The molecule has 1 amide bonds. The largest absolute Gasteiger partial charge is 0.483 e. The second-order valence-electron chi connectivity index (χ2n) is 7.31. The molecule has 0 spiro atoms. The maximum Gasteiger partial charge on any atom is 0.353 e. The first-order valence-corrected chi connectivity index (χ1v) is 11.6. The first-order valence-electron chi connectivity index (χ1n) is 9.94. The van der Waals surface area contributed by atoms with E-state index in [9.17, 15) is 9.59 Å². The number of hydrazone groups is 1. The van der Waals surface area contributed by atoms with Crippen LogP contribution in [0.15, 0.2) is 63.5 Å². The Kier molecular flexibility index (Phi) is 8.19. The molecule has 0 unspecified atom stereocenters. The van der Waals surface area contributed by atoms with Gasteiger partial charge in [-0.2, -0.15) is 5.10 Å². The molecule has 0 bridgehead atoms. The van der Waals surface area contributed by atoms with Crippen LogP contribution in [-0.2, 0) is 4.79 Å². The lowest BCUT2D eigenvalue weighted by Crippen LogP contribution is -2.25. The third-order valence-corrected chi connectivity index (χ3v) is 6.19. The molecule has 1 aromatic heterocycles. The Labute approximate surface area is 199 Å². The summed E-state index contributed by atoms with van der Waals surface area (Å²) in [6.45, 7) is 5.97. The maximum atomic E-state index is 12.1. The number of amides is 1. The van der Waals surface area contributed by atoms with Crippen LogP contribution in [0.5, 0.6) is 11.5 Å². The van der Waals surface area contributed by atoms with Crippen molar-refractivity contribution in [2.45, 2.75) is 26.7 Å². The number of aryl methyl sites for hydroxylation is 1. The van der Waals surface area contributed by atoms with Crippen molar-refractivity contribution >= 4 is 45.4 Å². The molecule has 0 radical (unpaired) electrons. The number of halogens is 1. The number of thiophene rings is 1. The molecule has 1 N–H and O–H groups in total. The lowest BCUT2D eigenvalue weighted by molar-refractivity contribution is -0.123. The summed E-state index contributed by atoms with van der Waals surface area (Å²) < 4.78 is 12.0. The quantitative estimate of drug-likeness (QED) is 0.181. The van der Waals surface area contributed by atoms with Crippen LogP contribution in [0, 0.1) is 6.92 Å². The molecule has 0 saturated carbocycles. The highest BCUT2D eigenvalue weighted by molar-refractivity contribution is 9.10. The molecule has 0 fully saturated rings. The Morgan fingerprint density at radius 2 is 1.94 bits per heavy atom. The van der Waals surface area contributed by atoms with E-state index < -0.39 is 5.97 Å². The summed E-state index contributed by atoms with van der Waals surface area (Å²) in [5.41, 5.74) is 5.26.